The molecule has 3 fully saturated rings. The standard InChI is InChI=1S/C27H33N6O24P3/c34-13-1-4-31(25(41)28-13)22-17(38)16(37)10(53-22)8-51-59(46,47)57-21-12(55-24(19(21)40)33-6-3-15(36)30-27(33)43)9-52-60(48,49)56-20-11(7-50-58(44)45)54-23(18(20)39)32-5-2-14(35)29-26(32)42/h1-6,10-12,16-24,37-40H,7-9H2,(H5-,28,29,30,34,35,36,41,42,43,44,45,46,47,48,49)/p+1/t10-,11-,12-,16-,17-,18-,19-,20-,21-,22-,23-,24-/m1/s1. The second-order valence-electron chi connectivity index (χ2n) is 12.9. The minimum Gasteiger partial charge on any atom is -0.387 e. The molecule has 3 unspecified atom stereocenters. The summed E-state index contributed by atoms with van der Waals surface area (Å²) in [7, 11) is -14.3. The molecular formula is C27H34N6O24P3+. The minimum absolute atomic E-state index is 0.603. The van der Waals surface area contributed by atoms with Crippen molar-refractivity contribution < 1.29 is 85.6 Å². The lowest BCUT2D eigenvalue weighted by atomic mass is 10.1. The van der Waals surface area contributed by atoms with E-state index in [1.807, 2.05) is 15.0 Å². The summed E-state index contributed by atoms with van der Waals surface area (Å²) >= 11 is 0. The van der Waals surface area contributed by atoms with Crippen LogP contribution in [0.2, 0.25) is 0 Å². The molecular weight excluding hydrogens is 885 g/mol. The van der Waals surface area contributed by atoms with Crippen LogP contribution in [0.1, 0.15) is 18.7 Å². The van der Waals surface area contributed by atoms with Crippen molar-refractivity contribution in [3.63, 3.8) is 0 Å². The van der Waals surface area contributed by atoms with Gasteiger partial charge in [0.2, 0.25) is 0 Å². The van der Waals surface area contributed by atoms with E-state index < -0.39 is 151 Å². The Kier molecular flexibility index (Phi) is 13.8. The highest BCUT2D eigenvalue weighted by Crippen LogP contribution is 2.52. The molecule has 10 N–H and O–H groups in total. The lowest BCUT2D eigenvalue weighted by molar-refractivity contribution is -0.0639. The lowest BCUT2D eigenvalue weighted by Crippen LogP contribution is -2.39. The Hall–Kier alpha value is -4.00. The Bertz CT molecular complexity index is 2520. The van der Waals surface area contributed by atoms with Crippen molar-refractivity contribution in [3.8, 4) is 0 Å². The number of nitrogens with one attached hydrogen (secondary N) is 3. The van der Waals surface area contributed by atoms with Crippen LogP contribution in [0.3, 0.4) is 0 Å². The third kappa shape index (κ3) is 10.2. The monoisotopic (exact) mass is 919 g/mol. The molecule has 6 heterocycles. The molecule has 0 aliphatic carbocycles. The van der Waals surface area contributed by atoms with Crippen molar-refractivity contribution in [2.45, 2.75) is 73.6 Å². The van der Waals surface area contributed by atoms with Gasteiger partial charge >= 0.3 is 41.0 Å². The van der Waals surface area contributed by atoms with Crippen LogP contribution in [-0.4, -0.2) is 139 Å². The number of aromatic nitrogens is 6. The van der Waals surface area contributed by atoms with E-state index in [0.29, 0.717) is 13.7 Å². The number of aliphatic hydroxyl groups excluding tert-OH is 4. The molecule has 3 aliphatic rings. The van der Waals surface area contributed by atoms with Gasteiger partial charge in [0.05, 0.1) is 13.2 Å². The van der Waals surface area contributed by atoms with Crippen molar-refractivity contribution in [2.24, 2.45) is 0 Å². The summed E-state index contributed by atoms with van der Waals surface area (Å²) in [6.07, 6.45) is -19.8. The van der Waals surface area contributed by atoms with Gasteiger partial charge in [0.15, 0.2) is 18.7 Å². The van der Waals surface area contributed by atoms with E-state index in [-0.39, 0.29) is 0 Å². The van der Waals surface area contributed by atoms with Gasteiger partial charge in [-0.3, -0.25) is 61.1 Å². The zero-order chi connectivity index (χ0) is 43.8. The van der Waals surface area contributed by atoms with Gasteiger partial charge < -0.3 is 44.4 Å². The summed E-state index contributed by atoms with van der Waals surface area (Å²) in [6.45, 7) is -3.14. The molecule has 3 aromatic heterocycles. The quantitative estimate of drug-likeness (QED) is 0.0599. The maximum atomic E-state index is 13.3. The van der Waals surface area contributed by atoms with Crippen LogP contribution >= 0.6 is 23.9 Å². The zero-order valence-corrected chi connectivity index (χ0v) is 32.5. The molecule has 0 bridgehead atoms. The highest BCUT2D eigenvalue weighted by Gasteiger charge is 2.53. The molecule has 3 saturated heterocycles. The first-order valence-corrected chi connectivity index (χ1v) is 21.0. The van der Waals surface area contributed by atoms with Gasteiger partial charge in [-0.15, -0.1) is 9.42 Å². The van der Waals surface area contributed by atoms with Gasteiger partial charge in [-0.2, -0.15) is 0 Å². The Balaban J connectivity index is 1.18. The third-order valence-corrected chi connectivity index (χ3v) is 11.3. The number of phosphoric acid groups is 2. The van der Waals surface area contributed by atoms with E-state index in [1.165, 1.54) is 0 Å². The van der Waals surface area contributed by atoms with Crippen LogP contribution in [0.4, 0.5) is 0 Å². The maximum Gasteiger partial charge on any atom is 0.694 e. The topological polar surface area (TPSA) is 431 Å². The van der Waals surface area contributed by atoms with Gasteiger partial charge in [-0.25, -0.2) is 23.5 Å². The number of hydrogen-bond acceptors (Lipinski definition) is 21. The molecule has 3 aliphatic heterocycles. The number of hydrogen-bond donors (Lipinski definition) is 10. The molecule has 330 valence electrons. The van der Waals surface area contributed by atoms with E-state index in [0.717, 1.165) is 36.8 Å². The van der Waals surface area contributed by atoms with Gasteiger partial charge in [0.1, 0.15) is 61.5 Å². The Morgan fingerprint density at radius 3 is 1.32 bits per heavy atom. The maximum absolute atomic E-state index is 13.3. The average molecular weight is 920 g/mol. The van der Waals surface area contributed by atoms with Gasteiger partial charge in [0.25, 0.3) is 16.7 Å². The SMILES string of the molecule is O=c1ccn([C@@H]2O[C@H](COP(=O)(O)O[C@H]3[C@@H](O)[C@H](n4ccc(=O)[nH]c4=O)O[C@@H]3COP(=O)(O)O[C@H]3[C@@H](O)[C@H](n4ccc(=O)[nH]c4=O)O[C@@H]3CO[P+](=O)O)[C@@H](O)[C@H]2O)c(=O)[nH]1. The summed E-state index contributed by atoms with van der Waals surface area (Å²) in [4.78, 5) is 108. The first kappa shape index (κ1) is 45.5. The molecule has 0 saturated carbocycles. The number of ether oxygens (including phenoxy) is 3. The first-order valence-electron chi connectivity index (χ1n) is 16.9. The average Bonchev–Trinajstić information content (AvgIpc) is 3.74. The second-order valence-corrected chi connectivity index (χ2v) is 16.5. The van der Waals surface area contributed by atoms with Gasteiger partial charge in [-0.05, 0) is 0 Å². The van der Waals surface area contributed by atoms with Crippen molar-refractivity contribution in [2.75, 3.05) is 19.8 Å². The summed E-state index contributed by atoms with van der Waals surface area (Å²) in [5, 5.41) is 43.1. The number of phosphoric ester groups is 2. The molecule has 0 radical (unpaired) electrons. The summed E-state index contributed by atoms with van der Waals surface area (Å²) < 4.78 is 81.0. The predicted molar refractivity (Wildman–Crippen MR) is 187 cm³/mol. The fourth-order valence-corrected chi connectivity index (χ4v) is 8.45. The zero-order valence-electron chi connectivity index (χ0n) is 29.8. The Labute approximate surface area is 330 Å². The molecule has 0 amide bonds. The van der Waals surface area contributed by atoms with Gasteiger partial charge in [0, 0.05) is 41.4 Å². The normalized spacial score (nSPS) is 32.8. The fraction of sp³-hybridized carbons (Fsp3) is 0.556. The molecule has 33 heteroatoms. The summed E-state index contributed by atoms with van der Waals surface area (Å²) in [5.74, 6) is 0. The van der Waals surface area contributed by atoms with Crippen LogP contribution in [0, 0.1) is 0 Å². The number of H-pyrrole nitrogens is 3. The molecule has 0 spiro atoms. The molecule has 60 heavy (non-hydrogen) atoms. The summed E-state index contributed by atoms with van der Waals surface area (Å²) in [5.41, 5.74) is -5.82. The van der Waals surface area contributed by atoms with Crippen molar-refractivity contribution >= 4 is 23.9 Å². The molecule has 15 atom stereocenters. The highest BCUT2D eigenvalue weighted by molar-refractivity contribution is 7.47. The Morgan fingerprint density at radius 1 is 0.583 bits per heavy atom. The van der Waals surface area contributed by atoms with Crippen LogP contribution in [0.15, 0.2) is 65.6 Å². The predicted octanol–water partition coefficient (Wildman–Crippen LogP) is -5.56. The second kappa shape index (κ2) is 18.2. The number of aromatic amines is 3. The lowest BCUT2D eigenvalue weighted by Gasteiger charge is -2.25. The largest absolute Gasteiger partial charge is 0.694 e. The fourth-order valence-electron chi connectivity index (χ4n) is 6.25. The first-order chi connectivity index (χ1) is 28.1. The van der Waals surface area contributed by atoms with Crippen LogP contribution in [-0.2, 0) is 50.5 Å². The van der Waals surface area contributed by atoms with Crippen LogP contribution in [0.5, 0.6) is 0 Å². The number of aliphatic hydroxyl groups is 4. The summed E-state index contributed by atoms with van der Waals surface area (Å²) in [6, 6.07) is 2.61. The molecule has 6 rings (SSSR count). The van der Waals surface area contributed by atoms with Crippen molar-refractivity contribution in [1.82, 2.24) is 28.7 Å². The van der Waals surface area contributed by atoms with Crippen LogP contribution < -0.4 is 33.7 Å². The van der Waals surface area contributed by atoms with Crippen molar-refractivity contribution in [1.29, 1.82) is 0 Å². The van der Waals surface area contributed by atoms with Crippen LogP contribution in [0.25, 0.3) is 0 Å². The minimum atomic E-state index is -5.52. The van der Waals surface area contributed by atoms with Crippen molar-refractivity contribution in [3.05, 3.63) is 99.3 Å². The highest BCUT2D eigenvalue weighted by atomic mass is 31.2. The Morgan fingerprint density at radius 2 is 0.933 bits per heavy atom. The third-order valence-electron chi connectivity index (χ3n) is 8.99. The van der Waals surface area contributed by atoms with E-state index >= 15 is 0 Å². The smallest absolute Gasteiger partial charge is 0.387 e. The van der Waals surface area contributed by atoms with E-state index in [4.69, 9.17) is 37.2 Å². The molecule has 30 nitrogen and oxygen atoms in total. The van der Waals surface area contributed by atoms with Gasteiger partial charge in [-0.1, -0.05) is 0 Å². The van der Waals surface area contributed by atoms with E-state index in [9.17, 15) is 72.7 Å². The molecule has 0 aromatic carbocycles. The number of rotatable bonds is 16. The van der Waals surface area contributed by atoms with E-state index in [2.05, 4.69) is 4.52 Å². The van der Waals surface area contributed by atoms with E-state index in [1.54, 1.807) is 0 Å². The molecule has 3 aromatic rings. The number of nitrogens with zero attached hydrogens (tertiary/aromatic N) is 3.